The molecule has 6 nitrogen and oxygen atoms in total. The van der Waals surface area contributed by atoms with Gasteiger partial charge < -0.3 is 19.1 Å². The van der Waals surface area contributed by atoms with Crippen LogP contribution in [-0.2, 0) is 17.9 Å². The van der Waals surface area contributed by atoms with Crippen molar-refractivity contribution in [1.29, 1.82) is 0 Å². The van der Waals surface area contributed by atoms with Crippen molar-refractivity contribution in [2.45, 2.75) is 39.5 Å². The van der Waals surface area contributed by atoms with Gasteiger partial charge in [-0.2, -0.15) is 0 Å². The number of amides is 1. The van der Waals surface area contributed by atoms with Gasteiger partial charge >= 0.3 is 6.09 Å². The molecule has 0 bridgehead atoms. The Morgan fingerprint density at radius 1 is 1.03 bits per heavy atom. The SMILES string of the molecule is COc1ccc(CN2CCN(C(=O)OC(C)(C)C)CC2)c(Br)c1OCc1ccccc1. The number of hydrogen-bond donors (Lipinski definition) is 0. The summed E-state index contributed by atoms with van der Waals surface area (Å²) in [7, 11) is 1.65. The number of ether oxygens (including phenoxy) is 3. The summed E-state index contributed by atoms with van der Waals surface area (Å²) in [6.07, 6.45) is -0.241. The van der Waals surface area contributed by atoms with Crippen molar-refractivity contribution in [2.75, 3.05) is 33.3 Å². The molecule has 1 saturated heterocycles. The van der Waals surface area contributed by atoms with E-state index < -0.39 is 5.60 Å². The molecule has 0 radical (unpaired) electrons. The molecule has 0 spiro atoms. The van der Waals surface area contributed by atoms with Crippen molar-refractivity contribution >= 4 is 22.0 Å². The molecule has 31 heavy (non-hydrogen) atoms. The van der Waals surface area contributed by atoms with Crippen LogP contribution in [0.5, 0.6) is 11.5 Å². The number of piperazine rings is 1. The van der Waals surface area contributed by atoms with Crippen LogP contribution in [0.15, 0.2) is 46.9 Å². The second kappa shape index (κ2) is 10.4. The van der Waals surface area contributed by atoms with E-state index in [1.807, 2.05) is 57.2 Å². The molecule has 1 aliphatic rings. The smallest absolute Gasteiger partial charge is 0.410 e. The molecule has 1 heterocycles. The standard InChI is InChI=1S/C24H31BrN2O4/c1-24(2,3)31-23(28)27-14-12-26(13-15-27)16-19-10-11-20(29-4)22(21(19)25)30-17-18-8-6-5-7-9-18/h5-11H,12-17H2,1-4H3. The van der Waals surface area contributed by atoms with Gasteiger partial charge in [0.2, 0.25) is 0 Å². The summed E-state index contributed by atoms with van der Waals surface area (Å²) in [5.41, 5.74) is 1.74. The summed E-state index contributed by atoms with van der Waals surface area (Å²) in [4.78, 5) is 16.4. The first-order chi connectivity index (χ1) is 14.8. The van der Waals surface area contributed by atoms with Crippen molar-refractivity contribution < 1.29 is 19.0 Å². The zero-order chi connectivity index (χ0) is 22.4. The Morgan fingerprint density at radius 3 is 2.32 bits per heavy atom. The average Bonchev–Trinajstić information content (AvgIpc) is 2.74. The van der Waals surface area contributed by atoms with E-state index in [0.29, 0.717) is 31.2 Å². The van der Waals surface area contributed by atoms with Crippen LogP contribution in [0, 0.1) is 0 Å². The zero-order valence-electron chi connectivity index (χ0n) is 18.7. The lowest BCUT2D eigenvalue weighted by Gasteiger charge is -2.35. The Labute approximate surface area is 193 Å². The first-order valence-electron chi connectivity index (χ1n) is 10.5. The van der Waals surface area contributed by atoms with E-state index in [4.69, 9.17) is 14.2 Å². The van der Waals surface area contributed by atoms with Gasteiger partial charge in [-0.25, -0.2) is 4.79 Å². The molecule has 0 atom stereocenters. The molecule has 168 valence electrons. The summed E-state index contributed by atoms with van der Waals surface area (Å²) < 4.78 is 18.0. The minimum atomic E-state index is -0.474. The van der Waals surface area contributed by atoms with Crippen LogP contribution in [0.25, 0.3) is 0 Å². The van der Waals surface area contributed by atoms with Crippen LogP contribution in [0.2, 0.25) is 0 Å². The highest BCUT2D eigenvalue weighted by molar-refractivity contribution is 9.10. The van der Waals surface area contributed by atoms with Gasteiger partial charge in [-0.1, -0.05) is 36.4 Å². The molecule has 1 amide bonds. The van der Waals surface area contributed by atoms with Crippen LogP contribution in [-0.4, -0.2) is 54.8 Å². The lowest BCUT2D eigenvalue weighted by molar-refractivity contribution is 0.0139. The van der Waals surface area contributed by atoms with Crippen molar-refractivity contribution in [3.63, 3.8) is 0 Å². The minimum Gasteiger partial charge on any atom is -0.493 e. The lowest BCUT2D eigenvalue weighted by Crippen LogP contribution is -2.49. The molecule has 2 aromatic rings. The third-order valence-electron chi connectivity index (χ3n) is 5.00. The Hall–Kier alpha value is -2.25. The average molecular weight is 491 g/mol. The van der Waals surface area contributed by atoms with E-state index in [-0.39, 0.29) is 6.09 Å². The number of methoxy groups -OCH3 is 1. The molecule has 0 unspecified atom stereocenters. The molecule has 0 saturated carbocycles. The van der Waals surface area contributed by atoms with Crippen molar-refractivity contribution in [3.05, 3.63) is 58.1 Å². The third kappa shape index (κ3) is 6.61. The van der Waals surface area contributed by atoms with E-state index >= 15 is 0 Å². The molecule has 1 aliphatic heterocycles. The van der Waals surface area contributed by atoms with Crippen LogP contribution in [0.3, 0.4) is 0 Å². The Balaban J connectivity index is 1.62. The fourth-order valence-corrected chi connectivity index (χ4v) is 3.95. The maximum absolute atomic E-state index is 12.3. The molecular weight excluding hydrogens is 460 g/mol. The second-order valence-corrected chi connectivity index (χ2v) is 9.38. The lowest BCUT2D eigenvalue weighted by atomic mass is 10.1. The maximum atomic E-state index is 12.3. The topological polar surface area (TPSA) is 51.2 Å². The normalized spacial score (nSPS) is 14.9. The molecule has 7 heteroatoms. The van der Waals surface area contributed by atoms with Gasteiger partial charge in [-0.05, 0) is 53.9 Å². The third-order valence-corrected chi connectivity index (χ3v) is 5.87. The summed E-state index contributed by atoms with van der Waals surface area (Å²) in [5.74, 6) is 1.40. The number of benzene rings is 2. The predicted molar refractivity (Wildman–Crippen MR) is 125 cm³/mol. The summed E-state index contributed by atoms with van der Waals surface area (Å²) in [5, 5.41) is 0. The molecule has 3 rings (SSSR count). The van der Waals surface area contributed by atoms with Gasteiger partial charge in [0.25, 0.3) is 0 Å². The Bertz CT molecular complexity index is 875. The van der Waals surface area contributed by atoms with Gasteiger partial charge in [-0.15, -0.1) is 0 Å². The quantitative estimate of drug-likeness (QED) is 0.564. The van der Waals surface area contributed by atoms with Crippen LogP contribution >= 0.6 is 15.9 Å². The van der Waals surface area contributed by atoms with Gasteiger partial charge in [0, 0.05) is 32.7 Å². The first-order valence-corrected chi connectivity index (χ1v) is 11.3. The number of hydrogen-bond acceptors (Lipinski definition) is 5. The largest absolute Gasteiger partial charge is 0.493 e. The molecule has 1 fully saturated rings. The minimum absolute atomic E-state index is 0.241. The van der Waals surface area contributed by atoms with E-state index in [1.165, 1.54) is 0 Å². The van der Waals surface area contributed by atoms with Gasteiger partial charge in [0.1, 0.15) is 12.2 Å². The van der Waals surface area contributed by atoms with E-state index in [0.717, 1.165) is 35.2 Å². The van der Waals surface area contributed by atoms with Crippen LogP contribution < -0.4 is 9.47 Å². The molecule has 2 aromatic carbocycles. The maximum Gasteiger partial charge on any atom is 0.410 e. The Morgan fingerprint density at radius 2 is 1.71 bits per heavy atom. The van der Waals surface area contributed by atoms with Crippen LogP contribution in [0.1, 0.15) is 31.9 Å². The van der Waals surface area contributed by atoms with Crippen LogP contribution in [0.4, 0.5) is 4.79 Å². The van der Waals surface area contributed by atoms with E-state index in [9.17, 15) is 4.79 Å². The zero-order valence-corrected chi connectivity index (χ0v) is 20.3. The van der Waals surface area contributed by atoms with E-state index in [1.54, 1.807) is 12.0 Å². The number of carbonyl (C=O) groups excluding carboxylic acids is 1. The highest BCUT2D eigenvalue weighted by Gasteiger charge is 2.26. The number of carbonyl (C=O) groups is 1. The monoisotopic (exact) mass is 490 g/mol. The van der Waals surface area contributed by atoms with Gasteiger partial charge in [-0.3, -0.25) is 4.90 Å². The molecule has 0 aliphatic carbocycles. The van der Waals surface area contributed by atoms with Crippen molar-refractivity contribution in [2.24, 2.45) is 0 Å². The van der Waals surface area contributed by atoms with Crippen molar-refractivity contribution in [3.8, 4) is 11.5 Å². The highest BCUT2D eigenvalue weighted by Crippen LogP contribution is 2.39. The highest BCUT2D eigenvalue weighted by atomic mass is 79.9. The first kappa shape index (κ1) is 23.4. The number of rotatable bonds is 6. The number of nitrogens with zero attached hydrogens (tertiary/aromatic N) is 2. The Kier molecular flexibility index (Phi) is 7.84. The fraction of sp³-hybridized carbons (Fsp3) is 0.458. The predicted octanol–water partition coefficient (Wildman–Crippen LogP) is 5.09. The van der Waals surface area contributed by atoms with Gasteiger partial charge in [0.05, 0.1) is 11.6 Å². The van der Waals surface area contributed by atoms with E-state index in [2.05, 4.69) is 26.9 Å². The summed E-state index contributed by atoms with van der Waals surface area (Å²) in [6.45, 7) is 9.78. The summed E-state index contributed by atoms with van der Waals surface area (Å²) in [6, 6.07) is 14.1. The second-order valence-electron chi connectivity index (χ2n) is 8.59. The summed E-state index contributed by atoms with van der Waals surface area (Å²) >= 11 is 3.73. The molecule has 0 N–H and O–H groups in total. The molecular formula is C24H31BrN2O4. The van der Waals surface area contributed by atoms with Crippen molar-refractivity contribution in [1.82, 2.24) is 9.80 Å². The molecule has 0 aromatic heterocycles. The fourth-order valence-electron chi connectivity index (χ4n) is 3.38. The number of halogens is 1. The van der Waals surface area contributed by atoms with Gasteiger partial charge in [0.15, 0.2) is 11.5 Å².